The van der Waals surface area contributed by atoms with Crippen molar-refractivity contribution in [3.8, 4) is 0 Å². The Bertz CT molecular complexity index is 831. The molecule has 2 saturated heterocycles. The quantitative estimate of drug-likeness (QED) is 0.144. The van der Waals surface area contributed by atoms with E-state index in [1.165, 1.54) is 0 Å². The molecule has 0 saturated carbocycles. The molecule has 210 valence electrons. The SMILES string of the molecule is CC(=O)OC[C@H]1O[C@H](O[C@@H]2C(O)O[C@@H](CO)[C@@H](O)[C@@H]2OC(C)=O)[C@@H](OC(C)=O)[C@@H](OC(C)=O)[C@@H]1OC=O. The average Bonchev–Trinajstić information content (AvgIpc) is 2.79. The van der Waals surface area contributed by atoms with Crippen molar-refractivity contribution in [3.63, 3.8) is 0 Å². The fourth-order valence-corrected chi connectivity index (χ4v) is 3.88. The molecular weight excluding hydrogens is 508 g/mol. The summed E-state index contributed by atoms with van der Waals surface area (Å²) >= 11 is 0. The highest BCUT2D eigenvalue weighted by atomic mass is 16.8. The van der Waals surface area contributed by atoms with Crippen LogP contribution in [-0.2, 0) is 61.9 Å². The molecule has 0 radical (unpaired) electrons. The highest BCUT2D eigenvalue weighted by Crippen LogP contribution is 2.33. The number of aliphatic hydroxyl groups excluding tert-OH is 3. The number of ether oxygens (including phenoxy) is 8. The van der Waals surface area contributed by atoms with Crippen LogP contribution < -0.4 is 0 Å². The molecule has 2 aliphatic rings. The number of carbonyl (C=O) groups is 5. The maximum Gasteiger partial charge on any atom is 0.303 e. The van der Waals surface area contributed by atoms with Gasteiger partial charge in [0.15, 0.2) is 43.1 Å². The maximum atomic E-state index is 11.9. The van der Waals surface area contributed by atoms with E-state index >= 15 is 0 Å². The summed E-state index contributed by atoms with van der Waals surface area (Å²) in [7, 11) is 0. The van der Waals surface area contributed by atoms with Gasteiger partial charge >= 0.3 is 23.9 Å². The zero-order valence-corrected chi connectivity index (χ0v) is 20.4. The number of esters is 4. The Morgan fingerprint density at radius 2 is 1.32 bits per heavy atom. The first-order valence-electron chi connectivity index (χ1n) is 11.1. The number of aliphatic hydroxyl groups is 3. The van der Waals surface area contributed by atoms with Gasteiger partial charge in [0, 0.05) is 27.7 Å². The molecule has 0 amide bonds. The van der Waals surface area contributed by atoms with Gasteiger partial charge in [-0.25, -0.2) is 0 Å². The van der Waals surface area contributed by atoms with Crippen molar-refractivity contribution in [2.75, 3.05) is 13.2 Å². The van der Waals surface area contributed by atoms with Gasteiger partial charge in [0.25, 0.3) is 6.47 Å². The molecule has 0 aromatic rings. The van der Waals surface area contributed by atoms with E-state index in [0.717, 1.165) is 27.7 Å². The standard InChI is InChI=1S/C21H30O16/c1-8(24)30-6-13-15(31-7-23)17(33-10(3)26)19(34-11(4)27)21(36-13)37-18-16(32-9(2)25)14(28)12(5-22)35-20(18)29/h7,12-22,28-29H,5-6H2,1-4H3/t12-,13+,14+,15+,16-,17-,18-,19-,20?,21+/m0/s1. The molecule has 3 N–H and O–H groups in total. The minimum absolute atomic E-state index is 0.0121. The second-order valence-electron chi connectivity index (χ2n) is 8.10. The van der Waals surface area contributed by atoms with E-state index in [2.05, 4.69) is 0 Å². The van der Waals surface area contributed by atoms with Gasteiger partial charge in [-0.15, -0.1) is 0 Å². The van der Waals surface area contributed by atoms with Crippen LogP contribution in [0, 0.1) is 0 Å². The second-order valence-corrected chi connectivity index (χ2v) is 8.10. The van der Waals surface area contributed by atoms with Crippen LogP contribution >= 0.6 is 0 Å². The van der Waals surface area contributed by atoms with Crippen molar-refractivity contribution in [2.45, 2.75) is 89.1 Å². The molecule has 0 spiro atoms. The molecule has 10 atom stereocenters. The highest BCUT2D eigenvalue weighted by molar-refractivity contribution is 5.68. The van der Waals surface area contributed by atoms with Gasteiger partial charge in [0.2, 0.25) is 0 Å². The van der Waals surface area contributed by atoms with Crippen LogP contribution in [0.25, 0.3) is 0 Å². The van der Waals surface area contributed by atoms with Crippen LogP contribution in [0.4, 0.5) is 0 Å². The Morgan fingerprint density at radius 3 is 1.84 bits per heavy atom. The summed E-state index contributed by atoms with van der Waals surface area (Å²) in [6.07, 6.45) is -16.0. The molecule has 2 aliphatic heterocycles. The van der Waals surface area contributed by atoms with Crippen LogP contribution in [0.5, 0.6) is 0 Å². The van der Waals surface area contributed by atoms with E-state index in [0.29, 0.717) is 0 Å². The first-order valence-corrected chi connectivity index (χ1v) is 11.1. The van der Waals surface area contributed by atoms with E-state index < -0.39 is 98.5 Å². The molecule has 2 fully saturated rings. The smallest absolute Gasteiger partial charge is 0.303 e. The van der Waals surface area contributed by atoms with Crippen molar-refractivity contribution in [1.29, 1.82) is 0 Å². The summed E-state index contributed by atoms with van der Waals surface area (Å²) in [6.45, 7) is 2.88. The van der Waals surface area contributed by atoms with E-state index in [1.54, 1.807) is 0 Å². The first kappa shape index (κ1) is 30.3. The first-order chi connectivity index (χ1) is 17.4. The second kappa shape index (κ2) is 13.6. The summed E-state index contributed by atoms with van der Waals surface area (Å²) < 4.78 is 42.1. The van der Waals surface area contributed by atoms with Gasteiger partial charge in [0.1, 0.15) is 24.9 Å². The number of hydrogen-bond donors (Lipinski definition) is 3. The van der Waals surface area contributed by atoms with Crippen molar-refractivity contribution >= 4 is 30.3 Å². The van der Waals surface area contributed by atoms with Gasteiger partial charge in [0.05, 0.1) is 6.61 Å². The number of rotatable bonds is 10. The zero-order chi connectivity index (χ0) is 27.9. The van der Waals surface area contributed by atoms with E-state index in [1.807, 2.05) is 0 Å². The summed E-state index contributed by atoms with van der Waals surface area (Å²) in [5.41, 5.74) is 0. The third-order valence-corrected chi connectivity index (χ3v) is 5.27. The Balaban J connectivity index is 2.48. The summed E-state index contributed by atoms with van der Waals surface area (Å²) in [5, 5.41) is 30.5. The third kappa shape index (κ3) is 8.05. The van der Waals surface area contributed by atoms with Crippen molar-refractivity contribution < 1.29 is 77.2 Å². The molecule has 0 bridgehead atoms. The normalized spacial score (nSPS) is 35.5. The molecule has 0 aliphatic carbocycles. The summed E-state index contributed by atoms with van der Waals surface area (Å²) in [4.78, 5) is 58.0. The van der Waals surface area contributed by atoms with Crippen molar-refractivity contribution in [1.82, 2.24) is 0 Å². The van der Waals surface area contributed by atoms with Gasteiger partial charge in [-0.1, -0.05) is 0 Å². The van der Waals surface area contributed by atoms with Crippen LogP contribution in [0.2, 0.25) is 0 Å². The topological polar surface area (TPSA) is 220 Å². The van der Waals surface area contributed by atoms with Crippen LogP contribution in [0.15, 0.2) is 0 Å². The maximum absolute atomic E-state index is 11.9. The van der Waals surface area contributed by atoms with Crippen LogP contribution in [-0.4, -0.2) is 120 Å². The molecule has 16 heteroatoms. The Hall–Kier alpha value is -2.89. The molecule has 0 aromatic heterocycles. The minimum atomic E-state index is -1.91. The van der Waals surface area contributed by atoms with Gasteiger partial charge in [-0.3, -0.25) is 24.0 Å². The zero-order valence-electron chi connectivity index (χ0n) is 20.4. The summed E-state index contributed by atoms with van der Waals surface area (Å²) in [5.74, 6) is -3.40. The van der Waals surface area contributed by atoms with Gasteiger partial charge in [-0.05, 0) is 0 Å². The molecule has 2 heterocycles. The fourth-order valence-electron chi connectivity index (χ4n) is 3.88. The molecule has 37 heavy (non-hydrogen) atoms. The van der Waals surface area contributed by atoms with Crippen LogP contribution in [0.3, 0.4) is 0 Å². The number of hydrogen-bond acceptors (Lipinski definition) is 16. The fraction of sp³-hybridized carbons (Fsp3) is 0.762. The lowest BCUT2D eigenvalue weighted by molar-refractivity contribution is -0.362. The van der Waals surface area contributed by atoms with E-state index in [4.69, 9.17) is 37.9 Å². The minimum Gasteiger partial charge on any atom is -0.463 e. The number of carbonyl (C=O) groups excluding carboxylic acids is 5. The van der Waals surface area contributed by atoms with Gasteiger partial charge in [-0.2, -0.15) is 0 Å². The molecule has 1 unspecified atom stereocenters. The van der Waals surface area contributed by atoms with Crippen LogP contribution in [0.1, 0.15) is 27.7 Å². The average molecular weight is 538 g/mol. The monoisotopic (exact) mass is 538 g/mol. The third-order valence-electron chi connectivity index (χ3n) is 5.27. The lowest BCUT2D eigenvalue weighted by Gasteiger charge is -2.47. The lowest BCUT2D eigenvalue weighted by Crippen LogP contribution is -2.66. The largest absolute Gasteiger partial charge is 0.463 e. The molecule has 16 nitrogen and oxygen atoms in total. The van der Waals surface area contributed by atoms with Crippen molar-refractivity contribution in [3.05, 3.63) is 0 Å². The molecule has 0 aromatic carbocycles. The van der Waals surface area contributed by atoms with E-state index in [-0.39, 0.29) is 6.47 Å². The molecular formula is C21H30O16. The predicted molar refractivity (Wildman–Crippen MR) is 112 cm³/mol. The van der Waals surface area contributed by atoms with E-state index in [9.17, 15) is 39.3 Å². The van der Waals surface area contributed by atoms with Gasteiger partial charge < -0.3 is 53.2 Å². The summed E-state index contributed by atoms with van der Waals surface area (Å²) in [6, 6.07) is 0. The Labute approximate surface area is 210 Å². The highest BCUT2D eigenvalue weighted by Gasteiger charge is 2.55. The predicted octanol–water partition coefficient (Wildman–Crippen LogP) is -2.93. The lowest BCUT2D eigenvalue weighted by atomic mass is 9.96. The Kier molecular flexibility index (Phi) is 11.1. The Morgan fingerprint density at radius 1 is 0.757 bits per heavy atom. The van der Waals surface area contributed by atoms with Crippen molar-refractivity contribution in [2.24, 2.45) is 0 Å². The molecule has 2 rings (SSSR count).